The average Bonchev–Trinajstić information content (AvgIpc) is 3.71. The quantitative estimate of drug-likeness (QED) is 0.143. The second kappa shape index (κ2) is 17.6. The molecule has 326 valence electrons. The predicted octanol–water partition coefficient (Wildman–Crippen LogP) is 16.9. The van der Waals surface area contributed by atoms with E-state index in [2.05, 4.69) is 158 Å². The molecule has 2 aromatic heterocycles. The molecular formula is C64H45N5. The molecule has 0 aliphatic rings. The smallest absolute Gasteiger partial charge is 0.187 e. The normalized spacial score (nSPS) is 11.2. The third kappa shape index (κ3) is 7.93. The second-order valence-electron chi connectivity index (χ2n) is 17.9. The molecule has 0 saturated heterocycles. The molecule has 0 radical (unpaired) electrons. The van der Waals surface area contributed by atoms with Gasteiger partial charge in [-0.1, -0.05) is 157 Å². The first-order chi connectivity index (χ1) is 33.7. The van der Waals surface area contributed by atoms with Gasteiger partial charge in [-0.2, -0.15) is 5.26 Å². The van der Waals surface area contributed by atoms with Gasteiger partial charge < -0.3 is 4.57 Å². The summed E-state index contributed by atoms with van der Waals surface area (Å²) in [4.78, 5) is 14.4. The third-order valence-electron chi connectivity index (χ3n) is 13.2. The van der Waals surface area contributed by atoms with Crippen molar-refractivity contribution in [1.82, 2.24) is 14.5 Å². The van der Waals surface area contributed by atoms with Crippen LogP contribution in [0.1, 0.15) is 27.8 Å². The van der Waals surface area contributed by atoms with Crippen molar-refractivity contribution < 1.29 is 0 Å². The molecule has 0 fully saturated rings. The van der Waals surface area contributed by atoms with E-state index in [0.717, 1.165) is 89.0 Å². The first kappa shape index (κ1) is 42.5. The zero-order valence-electron chi connectivity index (χ0n) is 38.8. The van der Waals surface area contributed by atoms with Crippen molar-refractivity contribution in [1.29, 1.82) is 5.26 Å². The van der Waals surface area contributed by atoms with Gasteiger partial charge in [0, 0.05) is 38.6 Å². The Kier molecular flexibility index (Phi) is 10.8. The van der Waals surface area contributed by atoms with Gasteiger partial charge >= 0.3 is 0 Å². The summed E-state index contributed by atoms with van der Waals surface area (Å²) < 4.78 is 2.41. The van der Waals surface area contributed by atoms with Crippen LogP contribution in [0.25, 0.3) is 111 Å². The highest BCUT2D eigenvalue weighted by atomic mass is 15.0. The van der Waals surface area contributed by atoms with Crippen LogP contribution >= 0.6 is 0 Å². The lowest BCUT2D eigenvalue weighted by Gasteiger charge is -2.21. The molecule has 0 atom stereocenters. The zero-order chi connectivity index (χ0) is 47.2. The lowest BCUT2D eigenvalue weighted by molar-refractivity contribution is 1.17. The molecule has 0 saturated carbocycles. The number of rotatable bonds is 8. The molecular weight excluding hydrogens is 839 g/mol. The molecule has 69 heavy (non-hydrogen) atoms. The molecule has 0 aliphatic carbocycles. The van der Waals surface area contributed by atoms with Crippen LogP contribution in [0.4, 0.5) is 5.69 Å². The van der Waals surface area contributed by atoms with E-state index in [4.69, 9.17) is 16.5 Å². The van der Waals surface area contributed by atoms with Crippen molar-refractivity contribution in [2.45, 2.75) is 27.7 Å². The van der Waals surface area contributed by atoms with E-state index < -0.39 is 0 Å². The van der Waals surface area contributed by atoms with E-state index in [-0.39, 0.29) is 0 Å². The number of hydrogen-bond acceptors (Lipinski definition) is 3. The monoisotopic (exact) mass is 883 g/mol. The molecule has 9 aromatic carbocycles. The Labute approximate surface area is 402 Å². The number of aromatic nitrogens is 3. The lowest BCUT2D eigenvalue weighted by Crippen LogP contribution is -2.03. The molecule has 0 unspecified atom stereocenters. The molecule has 11 aromatic rings. The maximum Gasteiger partial charge on any atom is 0.187 e. The third-order valence-corrected chi connectivity index (χ3v) is 13.2. The molecule has 0 N–H and O–H groups in total. The fourth-order valence-electron chi connectivity index (χ4n) is 9.85. The molecule has 0 amide bonds. The molecule has 11 rings (SSSR count). The highest BCUT2D eigenvalue weighted by Gasteiger charge is 2.24. The minimum Gasteiger partial charge on any atom is -0.308 e. The standard InChI is InChI=1S/C64H45N5/c1-40-16-28-53(42(3)32-40)49-24-30-61-57(34-49)58-35-50(54-29-17-41(2)33-43(54)4)25-31-62(58)69(61)63-55(45-20-18-44(39-65)19-21-45)36-51(37-56(63)46-22-26-52(66-5)27-23-46)64-67-59(47-12-8-6-9-13-47)38-60(68-64)48-14-10-7-11-15-48/h6-38H,1-4H3. The van der Waals surface area contributed by atoms with E-state index in [1.165, 1.54) is 33.4 Å². The first-order valence-electron chi connectivity index (χ1n) is 23.1. The minimum absolute atomic E-state index is 0.560. The van der Waals surface area contributed by atoms with Gasteiger partial charge in [0.15, 0.2) is 11.5 Å². The lowest BCUT2D eigenvalue weighted by atomic mass is 9.91. The van der Waals surface area contributed by atoms with Crippen LogP contribution in [0.5, 0.6) is 0 Å². The Morgan fingerprint density at radius 2 is 0.899 bits per heavy atom. The van der Waals surface area contributed by atoms with Gasteiger partial charge in [0.25, 0.3) is 0 Å². The Morgan fingerprint density at radius 3 is 1.35 bits per heavy atom. The van der Waals surface area contributed by atoms with Crippen LogP contribution < -0.4 is 0 Å². The molecule has 0 spiro atoms. The van der Waals surface area contributed by atoms with Crippen LogP contribution in [0, 0.1) is 45.6 Å². The highest BCUT2D eigenvalue weighted by molar-refractivity contribution is 6.13. The number of nitriles is 1. The summed E-state index contributed by atoms with van der Waals surface area (Å²) in [6, 6.07) is 72.0. The number of hydrogen-bond donors (Lipinski definition) is 0. The van der Waals surface area contributed by atoms with Crippen LogP contribution in [0.3, 0.4) is 0 Å². The van der Waals surface area contributed by atoms with Crippen molar-refractivity contribution >= 4 is 27.5 Å². The largest absolute Gasteiger partial charge is 0.308 e. The van der Waals surface area contributed by atoms with Crippen molar-refractivity contribution in [3.05, 3.63) is 239 Å². The zero-order valence-corrected chi connectivity index (χ0v) is 38.8. The number of fused-ring (bicyclic) bond motifs is 3. The van der Waals surface area contributed by atoms with Gasteiger partial charge in [0.2, 0.25) is 0 Å². The Hall–Kier alpha value is -9.16. The maximum atomic E-state index is 9.99. The van der Waals surface area contributed by atoms with Gasteiger partial charge in [-0.25, -0.2) is 14.8 Å². The predicted molar refractivity (Wildman–Crippen MR) is 284 cm³/mol. The van der Waals surface area contributed by atoms with Gasteiger partial charge in [0.1, 0.15) is 0 Å². The number of benzene rings is 9. The summed E-state index contributed by atoms with van der Waals surface area (Å²) in [5, 5.41) is 12.2. The van der Waals surface area contributed by atoms with E-state index in [9.17, 15) is 5.26 Å². The molecule has 0 aliphatic heterocycles. The van der Waals surface area contributed by atoms with E-state index in [1.807, 2.05) is 84.9 Å². The van der Waals surface area contributed by atoms with Gasteiger partial charge in [-0.15, -0.1) is 0 Å². The van der Waals surface area contributed by atoms with Crippen molar-refractivity contribution in [2.24, 2.45) is 0 Å². The minimum atomic E-state index is 0.560. The summed E-state index contributed by atoms with van der Waals surface area (Å²) in [6.45, 7) is 16.5. The fraction of sp³-hybridized carbons (Fsp3) is 0.0625. The summed E-state index contributed by atoms with van der Waals surface area (Å²) in [5.74, 6) is 0.578. The SMILES string of the molecule is [C-]#[N+]c1ccc(-c2cc(-c3nc(-c4ccccc4)cc(-c4ccccc4)n3)cc(-c3ccc(C#N)cc3)c2-n2c3ccc(-c4ccc(C)cc4C)cc3c3cc(-c4ccc(C)cc4C)ccc32)cc1. The summed E-state index contributed by atoms with van der Waals surface area (Å²) >= 11 is 0. The molecule has 5 heteroatoms. The van der Waals surface area contributed by atoms with E-state index >= 15 is 0 Å². The summed E-state index contributed by atoms with van der Waals surface area (Å²) in [5.41, 5.74) is 22.0. The summed E-state index contributed by atoms with van der Waals surface area (Å²) in [7, 11) is 0. The average molecular weight is 884 g/mol. The first-order valence-corrected chi connectivity index (χ1v) is 23.1. The van der Waals surface area contributed by atoms with Crippen molar-refractivity contribution in [2.75, 3.05) is 0 Å². The second-order valence-corrected chi connectivity index (χ2v) is 17.9. The number of nitrogens with zero attached hydrogens (tertiary/aromatic N) is 5. The van der Waals surface area contributed by atoms with Gasteiger partial charge in [-0.05, 0) is 127 Å². The van der Waals surface area contributed by atoms with Gasteiger partial charge in [0.05, 0.1) is 46.3 Å². The topological polar surface area (TPSA) is 58.9 Å². The van der Waals surface area contributed by atoms with Crippen LogP contribution in [0.2, 0.25) is 0 Å². The summed E-state index contributed by atoms with van der Waals surface area (Å²) in [6.07, 6.45) is 0. The van der Waals surface area contributed by atoms with Crippen molar-refractivity contribution in [3.8, 4) is 90.2 Å². The Morgan fingerprint density at radius 1 is 0.435 bits per heavy atom. The van der Waals surface area contributed by atoms with Crippen LogP contribution in [-0.4, -0.2) is 14.5 Å². The molecule has 2 heterocycles. The van der Waals surface area contributed by atoms with Crippen LogP contribution in [0.15, 0.2) is 200 Å². The Balaban J connectivity index is 1.26. The Bertz CT molecular complexity index is 3620. The van der Waals surface area contributed by atoms with E-state index in [0.29, 0.717) is 17.1 Å². The maximum absolute atomic E-state index is 9.99. The van der Waals surface area contributed by atoms with Crippen LogP contribution in [-0.2, 0) is 0 Å². The number of aryl methyl sites for hydroxylation is 4. The molecule has 5 nitrogen and oxygen atoms in total. The molecule has 0 bridgehead atoms. The fourth-order valence-corrected chi connectivity index (χ4v) is 9.85. The van der Waals surface area contributed by atoms with E-state index in [1.54, 1.807) is 0 Å². The van der Waals surface area contributed by atoms with Crippen molar-refractivity contribution in [3.63, 3.8) is 0 Å². The van der Waals surface area contributed by atoms with Gasteiger partial charge in [-0.3, -0.25) is 0 Å². The highest BCUT2D eigenvalue weighted by Crippen LogP contribution is 2.46.